The molecule has 1 aromatic heterocycles. The van der Waals surface area contributed by atoms with Gasteiger partial charge in [0.15, 0.2) is 0 Å². The zero-order valence-corrected chi connectivity index (χ0v) is 8.57. The van der Waals surface area contributed by atoms with Crippen molar-refractivity contribution in [2.45, 2.75) is 39.4 Å². The number of fused-ring (bicyclic) bond motifs is 1. The average Bonchev–Trinajstić information content (AvgIpc) is 2.52. The van der Waals surface area contributed by atoms with Gasteiger partial charge in [0.1, 0.15) is 5.82 Å². The van der Waals surface area contributed by atoms with Gasteiger partial charge in [0.25, 0.3) is 0 Å². The first-order valence-corrected chi connectivity index (χ1v) is 4.97. The van der Waals surface area contributed by atoms with Crippen LogP contribution in [-0.4, -0.2) is 27.0 Å². The highest BCUT2D eigenvalue weighted by Gasteiger charge is 2.26. The number of aromatic nitrogens is 2. The van der Waals surface area contributed by atoms with E-state index in [9.17, 15) is 0 Å². The Kier molecular flexibility index (Phi) is 2.12. The number of imidazole rings is 1. The maximum absolute atomic E-state index is 4.39. The molecule has 13 heavy (non-hydrogen) atoms. The van der Waals surface area contributed by atoms with E-state index in [-0.39, 0.29) is 0 Å². The molecule has 3 nitrogen and oxygen atoms in total. The third kappa shape index (κ3) is 1.37. The van der Waals surface area contributed by atoms with Crippen LogP contribution < -0.4 is 0 Å². The Hall–Kier alpha value is -0.830. The van der Waals surface area contributed by atoms with Crippen LogP contribution in [0.4, 0.5) is 0 Å². The van der Waals surface area contributed by atoms with Crippen LogP contribution in [0.2, 0.25) is 0 Å². The van der Waals surface area contributed by atoms with Gasteiger partial charge in [0.2, 0.25) is 0 Å². The largest absolute Gasteiger partial charge is 0.332 e. The lowest BCUT2D eigenvalue weighted by atomic mass is 10.1. The minimum atomic E-state index is 0.462. The molecule has 0 bridgehead atoms. The highest BCUT2D eigenvalue weighted by Crippen LogP contribution is 2.24. The second kappa shape index (κ2) is 3.14. The Morgan fingerprint density at radius 3 is 2.92 bits per heavy atom. The lowest BCUT2D eigenvalue weighted by molar-refractivity contribution is 0.126. The normalized spacial score (nSPS) is 23.5. The number of rotatable bonds is 1. The molecule has 72 valence electrons. The van der Waals surface area contributed by atoms with E-state index in [1.807, 2.05) is 6.20 Å². The second-order valence-electron chi connectivity index (χ2n) is 3.99. The maximum atomic E-state index is 4.39. The summed E-state index contributed by atoms with van der Waals surface area (Å²) in [6.45, 7) is 8.95. The van der Waals surface area contributed by atoms with E-state index in [1.54, 1.807) is 0 Å². The van der Waals surface area contributed by atoms with Crippen molar-refractivity contribution in [3.8, 4) is 0 Å². The highest BCUT2D eigenvalue weighted by molar-refractivity contribution is 5.02. The molecule has 0 N–H and O–H groups in total. The molecule has 1 aliphatic rings. The summed E-state index contributed by atoms with van der Waals surface area (Å²) in [5.41, 5.74) is 0. The van der Waals surface area contributed by atoms with Gasteiger partial charge >= 0.3 is 0 Å². The van der Waals surface area contributed by atoms with Gasteiger partial charge in [-0.25, -0.2) is 4.98 Å². The quantitative estimate of drug-likeness (QED) is 0.654. The molecule has 3 heteroatoms. The molecule has 0 radical (unpaired) electrons. The van der Waals surface area contributed by atoms with Crippen molar-refractivity contribution in [2.24, 2.45) is 0 Å². The van der Waals surface area contributed by atoms with E-state index in [0.717, 1.165) is 13.1 Å². The molecule has 1 atom stereocenters. The first-order chi connectivity index (χ1) is 6.20. The van der Waals surface area contributed by atoms with Crippen LogP contribution >= 0.6 is 0 Å². The molecule has 0 spiro atoms. The molecule has 0 aromatic carbocycles. The van der Waals surface area contributed by atoms with Crippen LogP contribution in [0.1, 0.15) is 32.6 Å². The minimum Gasteiger partial charge on any atom is -0.332 e. The van der Waals surface area contributed by atoms with Crippen LogP contribution in [0.25, 0.3) is 0 Å². The molecule has 2 heterocycles. The topological polar surface area (TPSA) is 21.1 Å². The van der Waals surface area contributed by atoms with E-state index in [0.29, 0.717) is 12.1 Å². The standard InChI is InChI=1S/C10H17N3/c1-8(2)13-7-6-12-5-4-11-10(12)9(13)3/h4-5,8-9H,6-7H2,1-3H3. The van der Waals surface area contributed by atoms with E-state index in [4.69, 9.17) is 0 Å². The smallest absolute Gasteiger partial charge is 0.125 e. The van der Waals surface area contributed by atoms with Gasteiger partial charge in [-0.05, 0) is 20.8 Å². The van der Waals surface area contributed by atoms with Crippen LogP contribution in [0.5, 0.6) is 0 Å². The highest BCUT2D eigenvalue weighted by atomic mass is 15.3. The van der Waals surface area contributed by atoms with Crippen molar-refractivity contribution in [3.05, 3.63) is 18.2 Å². The summed E-state index contributed by atoms with van der Waals surface area (Å²) < 4.78 is 2.25. The van der Waals surface area contributed by atoms with E-state index in [2.05, 4.69) is 41.4 Å². The van der Waals surface area contributed by atoms with Gasteiger partial charge in [-0.1, -0.05) is 0 Å². The summed E-state index contributed by atoms with van der Waals surface area (Å²) in [5, 5.41) is 0. The van der Waals surface area contributed by atoms with Gasteiger partial charge in [0.05, 0.1) is 6.04 Å². The Labute approximate surface area is 79.4 Å². The van der Waals surface area contributed by atoms with Crippen molar-refractivity contribution >= 4 is 0 Å². The lowest BCUT2D eigenvalue weighted by Crippen LogP contribution is -2.41. The molecule has 0 aliphatic carbocycles. The third-order valence-corrected chi connectivity index (χ3v) is 2.88. The molecule has 0 saturated heterocycles. The molecule has 1 aromatic rings. The Balaban J connectivity index is 2.27. The first kappa shape index (κ1) is 8.75. The summed E-state index contributed by atoms with van der Waals surface area (Å²) in [4.78, 5) is 6.88. The molecule has 1 unspecified atom stereocenters. The van der Waals surface area contributed by atoms with E-state index < -0.39 is 0 Å². The SMILES string of the molecule is CC(C)N1CCn2ccnc2C1C. The summed E-state index contributed by atoms with van der Waals surface area (Å²) in [5.74, 6) is 1.21. The Morgan fingerprint density at radius 2 is 2.23 bits per heavy atom. The summed E-state index contributed by atoms with van der Waals surface area (Å²) in [6.07, 6.45) is 3.97. The molecule has 0 saturated carbocycles. The molecule has 2 rings (SSSR count). The van der Waals surface area contributed by atoms with Crippen molar-refractivity contribution < 1.29 is 0 Å². The van der Waals surface area contributed by atoms with Gasteiger partial charge in [-0.3, -0.25) is 4.90 Å². The maximum Gasteiger partial charge on any atom is 0.125 e. The molecule has 0 amide bonds. The third-order valence-electron chi connectivity index (χ3n) is 2.88. The molecule has 0 fully saturated rings. The van der Waals surface area contributed by atoms with Crippen LogP contribution in [0, 0.1) is 0 Å². The number of nitrogens with zero attached hydrogens (tertiary/aromatic N) is 3. The monoisotopic (exact) mass is 179 g/mol. The Bertz CT molecular complexity index is 290. The first-order valence-electron chi connectivity index (χ1n) is 4.97. The van der Waals surface area contributed by atoms with Gasteiger partial charge in [-0.2, -0.15) is 0 Å². The van der Waals surface area contributed by atoms with Crippen LogP contribution in [0.15, 0.2) is 12.4 Å². The fourth-order valence-electron chi connectivity index (χ4n) is 2.15. The second-order valence-corrected chi connectivity index (χ2v) is 3.99. The van der Waals surface area contributed by atoms with Gasteiger partial charge < -0.3 is 4.57 Å². The molecule has 1 aliphatic heterocycles. The number of hydrogen-bond donors (Lipinski definition) is 0. The fraction of sp³-hybridized carbons (Fsp3) is 0.700. The molecular formula is C10H17N3. The minimum absolute atomic E-state index is 0.462. The summed E-state index contributed by atoms with van der Waals surface area (Å²) >= 11 is 0. The van der Waals surface area contributed by atoms with Crippen molar-refractivity contribution in [2.75, 3.05) is 6.54 Å². The van der Waals surface area contributed by atoms with Crippen LogP contribution in [-0.2, 0) is 6.54 Å². The summed E-state index contributed by atoms with van der Waals surface area (Å²) in [7, 11) is 0. The van der Waals surface area contributed by atoms with Crippen molar-refractivity contribution in [3.63, 3.8) is 0 Å². The predicted octanol–water partition coefficient (Wildman–Crippen LogP) is 1.67. The predicted molar refractivity (Wildman–Crippen MR) is 52.5 cm³/mol. The van der Waals surface area contributed by atoms with Crippen LogP contribution in [0.3, 0.4) is 0 Å². The average molecular weight is 179 g/mol. The van der Waals surface area contributed by atoms with E-state index >= 15 is 0 Å². The van der Waals surface area contributed by atoms with Crippen molar-refractivity contribution in [1.82, 2.24) is 14.5 Å². The zero-order chi connectivity index (χ0) is 9.42. The lowest BCUT2D eigenvalue weighted by Gasteiger charge is -2.36. The summed E-state index contributed by atoms with van der Waals surface area (Å²) in [6, 6.07) is 1.07. The zero-order valence-electron chi connectivity index (χ0n) is 8.57. The van der Waals surface area contributed by atoms with Gasteiger partial charge in [0, 0.05) is 31.5 Å². The Morgan fingerprint density at radius 1 is 1.46 bits per heavy atom. The number of hydrogen-bond acceptors (Lipinski definition) is 2. The van der Waals surface area contributed by atoms with Crippen molar-refractivity contribution in [1.29, 1.82) is 0 Å². The fourth-order valence-corrected chi connectivity index (χ4v) is 2.15. The molecular weight excluding hydrogens is 162 g/mol. The van der Waals surface area contributed by atoms with E-state index in [1.165, 1.54) is 5.82 Å². The van der Waals surface area contributed by atoms with Gasteiger partial charge in [-0.15, -0.1) is 0 Å².